The summed E-state index contributed by atoms with van der Waals surface area (Å²) >= 11 is 0. The molecule has 0 spiro atoms. The first-order chi connectivity index (χ1) is 12.9. The molecule has 4 heteroatoms. The van der Waals surface area contributed by atoms with Crippen molar-refractivity contribution in [2.24, 2.45) is 16.8 Å². The van der Waals surface area contributed by atoms with E-state index in [1.54, 1.807) is 6.92 Å². The monoisotopic (exact) mass is 370 g/mol. The number of hydrogen-bond acceptors (Lipinski definition) is 3. The van der Waals surface area contributed by atoms with Crippen LogP contribution in [0.2, 0.25) is 0 Å². The molecule has 148 valence electrons. The summed E-state index contributed by atoms with van der Waals surface area (Å²) in [6, 6.07) is 5.41. The number of nitrogens with one attached hydrogen (secondary N) is 1. The smallest absolute Gasteiger partial charge is 0.251 e. The second-order valence-corrected chi connectivity index (χ2v) is 7.98. The molecule has 0 saturated heterocycles. The first kappa shape index (κ1) is 21.4. The molecular formula is C23H34N2O2. The van der Waals surface area contributed by atoms with E-state index in [2.05, 4.69) is 30.7 Å². The van der Waals surface area contributed by atoms with Crippen molar-refractivity contribution in [3.05, 3.63) is 47.2 Å². The molecule has 4 nitrogen and oxygen atoms in total. The van der Waals surface area contributed by atoms with Gasteiger partial charge in [-0.05, 0) is 67.7 Å². The molecule has 1 aliphatic carbocycles. The summed E-state index contributed by atoms with van der Waals surface area (Å²) in [4.78, 5) is 16.8. The van der Waals surface area contributed by atoms with E-state index in [0.29, 0.717) is 5.56 Å². The number of carbonyl (C=O) groups is 1. The molecule has 1 fully saturated rings. The number of rotatable bonds is 8. The SMILES string of the molecule is C=C(CC1CCC(C)CC1)N=Cc1ccc(C(=O)N[C@H](C)CO)cc1CC. The molecule has 1 saturated carbocycles. The normalized spacial score (nSPS) is 21.2. The lowest BCUT2D eigenvalue weighted by Gasteiger charge is -2.25. The predicted octanol–water partition coefficient (Wildman–Crippen LogP) is 4.51. The van der Waals surface area contributed by atoms with E-state index in [1.807, 2.05) is 24.4 Å². The van der Waals surface area contributed by atoms with Gasteiger partial charge in [0, 0.05) is 23.5 Å². The fourth-order valence-electron chi connectivity index (χ4n) is 3.61. The summed E-state index contributed by atoms with van der Waals surface area (Å²) in [7, 11) is 0. The Morgan fingerprint density at radius 2 is 2.07 bits per heavy atom. The third kappa shape index (κ3) is 6.62. The van der Waals surface area contributed by atoms with Crippen LogP contribution in [-0.2, 0) is 6.42 Å². The van der Waals surface area contributed by atoms with Gasteiger partial charge in [0.15, 0.2) is 0 Å². The highest BCUT2D eigenvalue weighted by atomic mass is 16.3. The molecule has 0 radical (unpaired) electrons. The van der Waals surface area contributed by atoms with Gasteiger partial charge >= 0.3 is 0 Å². The maximum atomic E-state index is 12.2. The predicted molar refractivity (Wildman–Crippen MR) is 112 cm³/mol. The van der Waals surface area contributed by atoms with Crippen molar-refractivity contribution in [2.75, 3.05) is 6.61 Å². The van der Waals surface area contributed by atoms with Crippen molar-refractivity contribution in [2.45, 2.75) is 65.3 Å². The lowest BCUT2D eigenvalue weighted by atomic mass is 9.81. The van der Waals surface area contributed by atoms with E-state index in [9.17, 15) is 4.79 Å². The van der Waals surface area contributed by atoms with Gasteiger partial charge in [-0.3, -0.25) is 9.79 Å². The zero-order valence-electron chi connectivity index (χ0n) is 17.0. The zero-order valence-corrected chi connectivity index (χ0v) is 17.0. The van der Waals surface area contributed by atoms with E-state index in [1.165, 1.54) is 25.7 Å². The molecule has 2 rings (SSSR count). The minimum absolute atomic E-state index is 0.0703. The number of benzene rings is 1. The summed E-state index contributed by atoms with van der Waals surface area (Å²) in [6.07, 6.45) is 8.89. The van der Waals surface area contributed by atoms with Gasteiger partial charge in [-0.2, -0.15) is 0 Å². The van der Waals surface area contributed by atoms with E-state index in [4.69, 9.17) is 5.11 Å². The first-order valence-corrected chi connectivity index (χ1v) is 10.2. The first-order valence-electron chi connectivity index (χ1n) is 10.2. The molecule has 0 aliphatic heterocycles. The van der Waals surface area contributed by atoms with Gasteiger partial charge in [0.05, 0.1) is 6.61 Å². The second-order valence-electron chi connectivity index (χ2n) is 7.98. The third-order valence-corrected chi connectivity index (χ3v) is 5.48. The number of aliphatic imine (C=N–C) groups is 1. The lowest BCUT2D eigenvalue weighted by Crippen LogP contribution is -2.35. The Morgan fingerprint density at radius 1 is 1.37 bits per heavy atom. The van der Waals surface area contributed by atoms with Crippen molar-refractivity contribution in [3.8, 4) is 0 Å². The Hall–Kier alpha value is -1.94. The van der Waals surface area contributed by atoms with Crippen molar-refractivity contribution < 1.29 is 9.90 Å². The number of aliphatic hydroxyl groups is 1. The summed E-state index contributed by atoms with van der Waals surface area (Å²) in [5.74, 6) is 1.42. The van der Waals surface area contributed by atoms with Gasteiger partial charge in [-0.15, -0.1) is 0 Å². The molecule has 0 bridgehead atoms. The Kier molecular flexibility index (Phi) is 8.23. The van der Waals surface area contributed by atoms with Crippen LogP contribution in [0.4, 0.5) is 0 Å². The number of amides is 1. The molecular weight excluding hydrogens is 336 g/mol. The quantitative estimate of drug-likeness (QED) is 0.662. The van der Waals surface area contributed by atoms with Crippen LogP contribution in [0.5, 0.6) is 0 Å². The van der Waals surface area contributed by atoms with Gasteiger partial charge < -0.3 is 10.4 Å². The average molecular weight is 371 g/mol. The number of carbonyl (C=O) groups excluding carboxylic acids is 1. The van der Waals surface area contributed by atoms with Crippen molar-refractivity contribution in [1.82, 2.24) is 5.32 Å². The van der Waals surface area contributed by atoms with Crippen LogP contribution in [0.25, 0.3) is 0 Å². The number of aryl methyl sites for hydroxylation is 1. The Labute approximate surface area is 163 Å². The summed E-state index contributed by atoms with van der Waals surface area (Å²) < 4.78 is 0. The van der Waals surface area contributed by atoms with Gasteiger partial charge in [0.1, 0.15) is 0 Å². The Balaban J connectivity index is 1.99. The molecule has 0 unspecified atom stereocenters. The minimum atomic E-state index is -0.255. The van der Waals surface area contributed by atoms with Crippen molar-refractivity contribution in [1.29, 1.82) is 0 Å². The zero-order chi connectivity index (χ0) is 19.8. The van der Waals surface area contributed by atoms with E-state index >= 15 is 0 Å². The number of aliphatic hydroxyl groups excluding tert-OH is 1. The minimum Gasteiger partial charge on any atom is -0.394 e. The highest BCUT2D eigenvalue weighted by Gasteiger charge is 2.18. The molecule has 0 heterocycles. The second kappa shape index (κ2) is 10.4. The summed E-state index contributed by atoms with van der Waals surface area (Å²) in [5, 5.41) is 11.9. The maximum absolute atomic E-state index is 12.2. The molecule has 27 heavy (non-hydrogen) atoms. The molecule has 1 aromatic rings. The van der Waals surface area contributed by atoms with E-state index in [-0.39, 0.29) is 18.6 Å². The highest BCUT2D eigenvalue weighted by Crippen LogP contribution is 2.32. The molecule has 1 aromatic carbocycles. The van der Waals surface area contributed by atoms with Crippen LogP contribution >= 0.6 is 0 Å². The number of allylic oxidation sites excluding steroid dienone is 1. The Bertz CT molecular complexity index is 673. The number of hydrogen-bond donors (Lipinski definition) is 2. The van der Waals surface area contributed by atoms with Crippen LogP contribution in [0, 0.1) is 11.8 Å². The molecule has 0 aromatic heterocycles. The molecule has 1 atom stereocenters. The van der Waals surface area contributed by atoms with Crippen molar-refractivity contribution in [3.63, 3.8) is 0 Å². The van der Waals surface area contributed by atoms with Crippen LogP contribution in [0.3, 0.4) is 0 Å². The molecule has 1 amide bonds. The fourth-order valence-corrected chi connectivity index (χ4v) is 3.61. The lowest BCUT2D eigenvalue weighted by molar-refractivity contribution is 0.0922. The standard InChI is InChI=1S/C23H34N2O2/c1-5-20-13-21(23(27)25-18(4)15-26)10-11-22(20)14-24-17(3)12-19-8-6-16(2)7-9-19/h10-11,13-14,16,18-19,26H,3,5-9,12,15H2,1-2,4H3,(H,25,27)/t16?,18-,19?/m1/s1. The van der Waals surface area contributed by atoms with Gasteiger partial charge in [-0.1, -0.05) is 39.3 Å². The number of nitrogens with zero attached hydrogens (tertiary/aromatic N) is 1. The highest BCUT2D eigenvalue weighted by molar-refractivity contribution is 5.95. The Morgan fingerprint density at radius 3 is 2.70 bits per heavy atom. The van der Waals surface area contributed by atoms with Crippen LogP contribution in [0.15, 0.2) is 35.5 Å². The topological polar surface area (TPSA) is 61.7 Å². The average Bonchev–Trinajstić information content (AvgIpc) is 2.67. The van der Waals surface area contributed by atoms with Gasteiger partial charge in [-0.25, -0.2) is 0 Å². The van der Waals surface area contributed by atoms with Crippen LogP contribution in [-0.4, -0.2) is 29.9 Å². The van der Waals surface area contributed by atoms with Crippen LogP contribution in [0.1, 0.15) is 74.4 Å². The largest absolute Gasteiger partial charge is 0.394 e. The maximum Gasteiger partial charge on any atom is 0.251 e. The molecule has 2 N–H and O–H groups in total. The van der Waals surface area contributed by atoms with E-state index < -0.39 is 0 Å². The summed E-state index contributed by atoms with van der Waals surface area (Å²) in [5.41, 5.74) is 3.67. The van der Waals surface area contributed by atoms with E-state index in [0.717, 1.165) is 41.5 Å². The molecule has 1 aliphatic rings. The fraction of sp³-hybridized carbons (Fsp3) is 0.565. The van der Waals surface area contributed by atoms with Crippen LogP contribution < -0.4 is 5.32 Å². The van der Waals surface area contributed by atoms with Crippen molar-refractivity contribution >= 4 is 12.1 Å². The summed E-state index contributed by atoms with van der Waals surface area (Å²) in [6.45, 7) is 10.3. The van der Waals surface area contributed by atoms with Gasteiger partial charge in [0.2, 0.25) is 0 Å². The van der Waals surface area contributed by atoms with Gasteiger partial charge in [0.25, 0.3) is 5.91 Å². The third-order valence-electron chi connectivity index (χ3n) is 5.48.